The summed E-state index contributed by atoms with van der Waals surface area (Å²) in [6.45, 7) is 2.88. The minimum absolute atomic E-state index is 0. The number of hydrogen-bond acceptors (Lipinski definition) is 7. The van der Waals surface area contributed by atoms with Gasteiger partial charge in [-0.1, -0.05) is 6.92 Å². The van der Waals surface area contributed by atoms with Crippen LogP contribution in [0.3, 0.4) is 0 Å². The second-order valence-corrected chi connectivity index (χ2v) is 4.31. The van der Waals surface area contributed by atoms with Crippen molar-refractivity contribution in [3.8, 4) is 0 Å². The molecule has 21 heavy (non-hydrogen) atoms. The molecule has 10 heteroatoms. The summed E-state index contributed by atoms with van der Waals surface area (Å²) in [6.07, 6.45) is 0.115. The van der Waals surface area contributed by atoms with E-state index in [1.54, 1.807) is 6.92 Å². The van der Waals surface area contributed by atoms with Crippen molar-refractivity contribution in [2.24, 2.45) is 0 Å². The van der Waals surface area contributed by atoms with Gasteiger partial charge in [-0.2, -0.15) is 0 Å². The summed E-state index contributed by atoms with van der Waals surface area (Å²) in [5.41, 5.74) is -2.65. The fraction of sp³-hybridized carbons (Fsp3) is 0.364. The first-order valence-corrected chi connectivity index (χ1v) is 5.63. The Balaban J connectivity index is 0.00000400. The summed E-state index contributed by atoms with van der Waals surface area (Å²) in [6, 6.07) is 2.93. The van der Waals surface area contributed by atoms with Gasteiger partial charge in [-0.25, -0.2) is 0 Å². The summed E-state index contributed by atoms with van der Waals surface area (Å²) >= 11 is 0. The maximum Gasteiger partial charge on any atom is 1.00 e. The Morgan fingerprint density at radius 3 is 2.24 bits per heavy atom. The maximum atomic E-state index is 11.1. The molecule has 0 radical (unpaired) electrons. The largest absolute Gasteiger partial charge is 1.00 e. The Bertz CT molecular complexity index is 579. The Labute approximate surface area is 141 Å². The zero-order valence-electron chi connectivity index (χ0n) is 11.8. The number of carboxylic acids is 1. The third kappa shape index (κ3) is 4.38. The first-order chi connectivity index (χ1) is 9.21. The summed E-state index contributed by atoms with van der Waals surface area (Å²) in [5.74, 6) is -1.42. The monoisotopic (exact) mass is 305 g/mol. The Morgan fingerprint density at radius 1 is 1.29 bits per heavy atom. The van der Waals surface area contributed by atoms with Crippen LogP contribution in [0, 0.1) is 20.2 Å². The fourth-order valence-electron chi connectivity index (χ4n) is 1.47. The average Bonchev–Trinajstić information content (AvgIpc) is 2.38. The van der Waals surface area contributed by atoms with Crippen LogP contribution in [0.4, 0.5) is 17.1 Å². The van der Waals surface area contributed by atoms with E-state index in [0.717, 1.165) is 18.2 Å². The molecule has 0 bridgehead atoms. The SMILES string of the molecule is CC[C@](C)(Nc1ccc([N+](=O)[O-])cc1[N+](=O)[O-])C(=O)[O-].[Na+]. The smallest absolute Gasteiger partial charge is 0.548 e. The maximum absolute atomic E-state index is 11.1. The summed E-state index contributed by atoms with van der Waals surface area (Å²) in [4.78, 5) is 31.0. The molecule has 108 valence electrons. The second kappa shape index (κ2) is 7.34. The Kier molecular flexibility index (Phi) is 6.74. The van der Waals surface area contributed by atoms with E-state index in [1.807, 2.05) is 0 Å². The fourth-order valence-corrected chi connectivity index (χ4v) is 1.47. The third-order valence-corrected chi connectivity index (χ3v) is 2.96. The molecular weight excluding hydrogens is 293 g/mol. The van der Waals surface area contributed by atoms with Gasteiger partial charge in [-0.05, 0) is 19.4 Å². The zero-order chi connectivity index (χ0) is 15.5. The van der Waals surface area contributed by atoms with E-state index >= 15 is 0 Å². The molecule has 0 aromatic heterocycles. The molecule has 1 rings (SSSR count). The first kappa shape index (κ1) is 19.3. The number of rotatable bonds is 6. The van der Waals surface area contributed by atoms with Crippen molar-refractivity contribution in [1.29, 1.82) is 0 Å². The molecule has 0 unspecified atom stereocenters. The molecule has 0 aliphatic rings. The number of nitro groups is 2. The number of hydrogen-bond donors (Lipinski definition) is 1. The summed E-state index contributed by atoms with van der Waals surface area (Å²) in [7, 11) is 0. The zero-order valence-corrected chi connectivity index (χ0v) is 13.8. The van der Waals surface area contributed by atoms with Crippen LogP contribution in [0.1, 0.15) is 20.3 Å². The van der Waals surface area contributed by atoms with Gasteiger partial charge in [-0.3, -0.25) is 20.2 Å². The Hall–Kier alpha value is -1.71. The average molecular weight is 305 g/mol. The number of aliphatic carboxylic acids is 1. The standard InChI is InChI=1S/C11H13N3O6.Na/c1-3-11(2,10(15)16)12-8-5-4-7(13(17)18)6-9(8)14(19)20;/h4-6,12H,3H2,1-2H3,(H,15,16);/q;+1/p-1/t11-;/m0./s1. The number of nitrogens with zero attached hydrogens (tertiary/aromatic N) is 2. The molecule has 1 atom stereocenters. The minimum Gasteiger partial charge on any atom is -0.548 e. The van der Waals surface area contributed by atoms with Crippen LogP contribution in [0.15, 0.2) is 18.2 Å². The van der Waals surface area contributed by atoms with Crippen molar-refractivity contribution in [3.05, 3.63) is 38.4 Å². The van der Waals surface area contributed by atoms with Crippen LogP contribution in [-0.2, 0) is 4.79 Å². The van der Waals surface area contributed by atoms with Crippen LogP contribution in [0.2, 0.25) is 0 Å². The molecule has 0 spiro atoms. The number of carbonyl (C=O) groups excluding carboxylic acids is 1. The minimum atomic E-state index is -1.51. The van der Waals surface area contributed by atoms with Crippen LogP contribution in [-0.4, -0.2) is 21.4 Å². The molecule has 0 saturated carbocycles. The van der Waals surface area contributed by atoms with Gasteiger partial charge in [0, 0.05) is 6.07 Å². The van der Waals surface area contributed by atoms with Gasteiger partial charge in [-0.15, -0.1) is 0 Å². The van der Waals surface area contributed by atoms with E-state index in [9.17, 15) is 30.1 Å². The van der Waals surface area contributed by atoms with E-state index in [2.05, 4.69) is 5.32 Å². The molecule has 1 aromatic rings. The van der Waals surface area contributed by atoms with Crippen LogP contribution < -0.4 is 40.0 Å². The molecule has 0 aliphatic carbocycles. The molecule has 0 heterocycles. The summed E-state index contributed by atoms with van der Waals surface area (Å²) in [5, 5.41) is 35.1. The Morgan fingerprint density at radius 2 is 1.86 bits per heavy atom. The van der Waals surface area contributed by atoms with E-state index in [1.165, 1.54) is 6.92 Å². The molecule has 9 nitrogen and oxygen atoms in total. The van der Waals surface area contributed by atoms with Crippen LogP contribution >= 0.6 is 0 Å². The topological polar surface area (TPSA) is 138 Å². The van der Waals surface area contributed by atoms with Crippen molar-refractivity contribution in [1.82, 2.24) is 0 Å². The number of carboxylic acid groups (broad SMARTS) is 1. The molecular formula is C11H12N3NaO6. The summed E-state index contributed by atoms with van der Waals surface area (Å²) < 4.78 is 0. The van der Waals surface area contributed by atoms with Gasteiger partial charge in [0.25, 0.3) is 11.4 Å². The van der Waals surface area contributed by atoms with Crippen molar-refractivity contribution < 1.29 is 49.3 Å². The van der Waals surface area contributed by atoms with Gasteiger partial charge < -0.3 is 15.2 Å². The van der Waals surface area contributed by atoms with E-state index in [0.29, 0.717) is 0 Å². The number of carbonyl (C=O) groups is 1. The van der Waals surface area contributed by atoms with Crippen molar-refractivity contribution >= 4 is 23.0 Å². The normalized spacial score (nSPS) is 12.7. The van der Waals surface area contributed by atoms with E-state index in [4.69, 9.17) is 0 Å². The van der Waals surface area contributed by atoms with E-state index in [-0.39, 0.29) is 41.7 Å². The molecule has 0 saturated heterocycles. The first-order valence-electron chi connectivity index (χ1n) is 5.63. The van der Waals surface area contributed by atoms with E-state index < -0.39 is 32.7 Å². The molecule has 0 fully saturated rings. The van der Waals surface area contributed by atoms with Gasteiger partial charge >= 0.3 is 29.6 Å². The molecule has 1 aromatic carbocycles. The number of nitro benzene ring substituents is 2. The predicted octanol–water partition coefficient (Wildman–Crippen LogP) is -2.16. The predicted molar refractivity (Wildman–Crippen MR) is 67.1 cm³/mol. The number of non-ortho nitro benzene ring substituents is 1. The van der Waals surface area contributed by atoms with Gasteiger partial charge in [0.1, 0.15) is 5.69 Å². The van der Waals surface area contributed by atoms with Crippen molar-refractivity contribution in [3.63, 3.8) is 0 Å². The van der Waals surface area contributed by atoms with Crippen molar-refractivity contribution in [2.45, 2.75) is 25.8 Å². The van der Waals surface area contributed by atoms with Gasteiger partial charge in [0.15, 0.2) is 0 Å². The van der Waals surface area contributed by atoms with Gasteiger partial charge in [0.05, 0.1) is 27.4 Å². The number of nitrogens with one attached hydrogen (secondary N) is 1. The van der Waals surface area contributed by atoms with Crippen LogP contribution in [0.5, 0.6) is 0 Å². The molecule has 0 amide bonds. The van der Waals surface area contributed by atoms with Crippen molar-refractivity contribution in [2.75, 3.05) is 5.32 Å². The third-order valence-electron chi connectivity index (χ3n) is 2.96. The number of anilines is 1. The second-order valence-electron chi connectivity index (χ2n) is 4.31. The van der Waals surface area contributed by atoms with Crippen LogP contribution in [0.25, 0.3) is 0 Å². The molecule has 0 aliphatic heterocycles. The molecule has 1 N–H and O–H groups in total. The number of benzene rings is 1. The quantitative estimate of drug-likeness (QED) is 0.358. The van der Waals surface area contributed by atoms with Gasteiger partial charge in [0.2, 0.25) is 0 Å².